The largest absolute Gasteiger partial charge is 0.341 e. The molecule has 5 rings (SSSR count). The van der Waals surface area contributed by atoms with E-state index < -0.39 is 0 Å². The Bertz CT molecular complexity index is 1050. The fraction of sp³-hybridized carbons (Fsp3) is 0.300. The molecule has 4 heterocycles. The Labute approximate surface area is 176 Å². The predicted octanol–water partition coefficient (Wildman–Crippen LogP) is 4.66. The maximum Gasteiger partial charge on any atom is 0.268 e. The topological polar surface area (TPSA) is 72.9 Å². The van der Waals surface area contributed by atoms with Gasteiger partial charge in [0.2, 0.25) is 5.95 Å². The normalized spacial score (nSPS) is 14.4. The van der Waals surface area contributed by atoms with Crippen molar-refractivity contribution in [2.45, 2.75) is 30.2 Å². The van der Waals surface area contributed by atoms with Crippen molar-refractivity contribution in [3.8, 4) is 16.5 Å². The van der Waals surface area contributed by atoms with E-state index in [9.17, 15) is 0 Å². The summed E-state index contributed by atoms with van der Waals surface area (Å²) in [6, 6.07) is 14.2. The van der Waals surface area contributed by atoms with E-state index in [2.05, 4.69) is 41.9 Å². The van der Waals surface area contributed by atoms with Crippen molar-refractivity contribution in [2.75, 3.05) is 18.0 Å². The molecule has 3 aromatic heterocycles. The summed E-state index contributed by atoms with van der Waals surface area (Å²) in [6.07, 6.45) is 3.67. The van der Waals surface area contributed by atoms with Gasteiger partial charge in [-0.15, -0.1) is 21.5 Å². The zero-order chi connectivity index (χ0) is 19.5. The van der Waals surface area contributed by atoms with Gasteiger partial charge in [0.1, 0.15) is 0 Å². The molecule has 0 saturated carbocycles. The first-order chi connectivity index (χ1) is 14.4. The zero-order valence-corrected chi connectivity index (χ0v) is 17.4. The van der Waals surface area contributed by atoms with Crippen LogP contribution in [0.2, 0.25) is 0 Å². The standard InChI is InChI=1S/C20H20N6OS2/c1-3-8-15(9-4-1)26-19(25-11-5-2-6-12-25)22-23-20(26)29-14-17-21-18(27-24-17)16-10-7-13-28-16/h1,3-4,7-10,13H,2,5-6,11-12,14H2. The number of para-hydroxylation sites is 1. The van der Waals surface area contributed by atoms with E-state index >= 15 is 0 Å². The Kier molecular flexibility index (Phi) is 5.31. The van der Waals surface area contributed by atoms with E-state index in [0.717, 1.165) is 34.8 Å². The van der Waals surface area contributed by atoms with Crippen molar-refractivity contribution in [3.63, 3.8) is 0 Å². The molecular weight excluding hydrogens is 404 g/mol. The van der Waals surface area contributed by atoms with E-state index in [1.807, 2.05) is 35.7 Å². The van der Waals surface area contributed by atoms with Gasteiger partial charge in [-0.3, -0.25) is 4.57 Å². The Hall–Kier alpha value is -2.65. The minimum atomic E-state index is 0.564. The lowest BCUT2D eigenvalue weighted by atomic mass is 10.1. The van der Waals surface area contributed by atoms with Gasteiger partial charge in [-0.05, 0) is 42.8 Å². The molecule has 0 atom stereocenters. The van der Waals surface area contributed by atoms with E-state index in [4.69, 9.17) is 4.52 Å². The molecule has 1 saturated heterocycles. The first-order valence-corrected chi connectivity index (χ1v) is 11.5. The minimum Gasteiger partial charge on any atom is -0.341 e. The molecule has 1 aliphatic heterocycles. The molecule has 0 spiro atoms. The lowest BCUT2D eigenvalue weighted by Crippen LogP contribution is -2.31. The summed E-state index contributed by atoms with van der Waals surface area (Å²) in [7, 11) is 0. The molecule has 1 fully saturated rings. The zero-order valence-electron chi connectivity index (χ0n) is 15.8. The summed E-state index contributed by atoms with van der Waals surface area (Å²) in [5.41, 5.74) is 1.06. The van der Waals surface area contributed by atoms with Gasteiger partial charge in [-0.1, -0.05) is 41.2 Å². The Morgan fingerprint density at radius 2 is 1.86 bits per heavy atom. The minimum absolute atomic E-state index is 0.564. The van der Waals surface area contributed by atoms with Crippen LogP contribution in [0.5, 0.6) is 0 Å². The number of piperidine rings is 1. The summed E-state index contributed by atoms with van der Waals surface area (Å²) >= 11 is 3.16. The maximum atomic E-state index is 5.40. The molecule has 0 radical (unpaired) electrons. The number of aromatic nitrogens is 5. The lowest BCUT2D eigenvalue weighted by molar-refractivity contribution is 0.426. The highest BCUT2D eigenvalue weighted by Gasteiger charge is 2.22. The van der Waals surface area contributed by atoms with Crippen LogP contribution in [0.25, 0.3) is 16.5 Å². The van der Waals surface area contributed by atoms with Gasteiger partial charge in [0.05, 0.1) is 16.3 Å². The highest BCUT2D eigenvalue weighted by Crippen LogP contribution is 2.30. The van der Waals surface area contributed by atoms with Crippen molar-refractivity contribution < 1.29 is 4.52 Å². The maximum absolute atomic E-state index is 5.40. The first kappa shape index (κ1) is 18.4. The summed E-state index contributed by atoms with van der Waals surface area (Å²) in [4.78, 5) is 7.82. The van der Waals surface area contributed by atoms with Gasteiger partial charge in [0.25, 0.3) is 5.89 Å². The van der Waals surface area contributed by atoms with Crippen molar-refractivity contribution in [2.24, 2.45) is 0 Å². The van der Waals surface area contributed by atoms with Gasteiger partial charge < -0.3 is 9.42 Å². The summed E-state index contributed by atoms with van der Waals surface area (Å²) in [6.45, 7) is 2.04. The van der Waals surface area contributed by atoms with Crippen LogP contribution in [-0.2, 0) is 5.75 Å². The quantitative estimate of drug-likeness (QED) is 0.417. The average Bonchev–Trinajstić information content (AvgIpc) is 3.54. The SMILES string of the molecule is c1ccc(-n2c(SCc3noc(-c4cccs4)n3)nnc2N2CCCCC2)cc1. The van der Waals surface area contributed by atoms with E-state index in [0.29, 0.717) is 17.5 Å². The molecule has 0 N–H and O–H groups in total. The molecule has 4 aromatic rings. The lowest BCUT2D eigenvalue weighted by Gasteiger charge is -2.27. The molecule has 0 amide bonds. The number of nitrogens with zero attached hydrogens (tertiary/aromatic N) is 6. The fourth-order valence-corrected chi connectivity index (χ4v) is 4.83. The van der Waals surface area contributed by atoms with Gasteiger partial charge in [0, 0.05) is 13.1 Å². The van der Waals surface area contributed by atoms with Gasteiger partial charge >= 0.3 is 0 Å². The number of rotatable bonds is 6. The van der Waals surface area contributed by atoms with Crippen molar-refractivity contribution >= 4 is 29.0 Å². The van der Waals surface area contributed by atoms with Crippen molar-refractivity contribution in [1.29, 1.82) is 0 Å². The average molecular weight is 425 g/mol. The molecule has 0 bridgehead atoms. The summed E-state index contributed by atoms with van der Waals surface area (Å²) in [5.74, 6) is 2.69. The van der Waals surface area contributed by atoms with Crippen LogP contribution >= 0.6 is 23.1 Å². The second-order valence-corrected chi connectivity index (χ2v) is 8.67. The van der Waals surface area contributed by atoms with Crippen LogP contribution < -0.4 is 4.90 Å². The van der Waals surface area contributed by atoms with Crippen LogP contribution in [0, 0.1) is 0 Å². The second-order valence-electron chi connectivity index (χ2n) is 6.78. The third-order valence-corrected chi connectivity index (χ3v) is 6.58. The number of hydrogen-bond donors (Lipinski definition) is 0. The predicted molar refractivity (Wildman–Crippen MR) is 115 cm³/mol. The molecule has 1 aliphatic rings. The molecule has 1 aromatic carbocycles. The molecule has 7 nitrogen and oxygen atoms in total. The van der Waals surface area contributed by atoms with E-state index in [1.165, 1.54) is 19.3 Å². The number of thioether (sulfide) groups is 1. The van der Waals surface area contributed by atoms with Crippen LogP contribution in [-0.4, -0.2) is 38.0 Å². The van der Waals surface area contributed by atoms with Gasteiger partial charge in [-0.25, -0.2) is 0 Å². The molecule has 9 heteroatoms. The number of thiophene rings is 1. The molecule has 29 heavy (non-hydrogen) atoms. The Morgan fingerprint density at radius 1 is 1.00 bits per heavy atom. The van der Waals surface area contributed by atoms with E-state index in [1.54, 1.807) is 23.1 Å². The summed E-state index contributed by atoms with van der Waals surface area (Å²) in [5, 5.41) is 16.0. The first-order valence-electron chi connectivity index (χ1n) is 9.63. The summed E-state index contributed by atoms with van der Waals surface area (Å²) < 4.78 is 7.53. The molecule has 0 aliphatic carbocycles. The van der Waals surface area contributed by atoms with E-state index in [-0.39, 0.29) is 0 Å². The third-order valence-electron chi connectivity index (χ3n) is 4.80. The number of anilines is 1. The Balaban J connectivity index is 1.40. The van der Waals surface area contributed by atoms with Crippen molar-refractivity contribution in [3.05, 3.63) is 53.7 Å². The van der Waals surface area contributed by atoms with Crippen LogP contribution in [0.3, 0.4) is 0 Å². The van der Waals surface area contributed by atoms with Crippen LogP contribution in [0.4, 0.5) is 5.95 Å². The smallest absolute Gasteiger partial charge is 0.268 e. The molecule has 148 valence electrons. The highest BCUT2D eigenvalue weighted by molar-refractivity contribution is 7.98. The fourth-order valence-electron chi connectivity index (χ4n) is 3.40. The Morgan fingerprint density at radius 3 is 2.66 bits per heavy atom. The highest BCUT2D eigenvalue weighted by atomic mass is 32.2. The molecular formula is C20H20N6OS2. The second kappa shape index (κ2) is 8.38. The van der Waals surface area contributed by atoms with Crippen LogP contribution in [0.1, 0.15) is 25.1 Å². The number of benzene rings is 1. The van der Waals surface area contributed by atoms with Gasteiger partial charge in [0.15, 0.2) is 11.0 Å². The third kappa shape index (κ3) is 3.92. The van der Waals surface area contributed by atoms with Gasteiger partial charge in [-0.2, -0.15) is 4.98 Å². The monoisotopic (exact) mass is 424 g/mol. The van der Waals surface area contributed by atoms with Crippen molar-refractivity contribution in [1.82, 2.24) is 24.9 Å². The molecule has 0 unspecified atom stereocenters. The van der Waals surface area contributed by atoms with Crippen LogP contribution in [0.15, 0.2) is 57.5 Å². The number of hydrogen-bond acceptors (Lipinski definition) is 8.